The first-order valence-electron chi connectivity index (χ1n) is 11.1. The van der Waals surface area contributed by atoms with Crippen molar-refractivity contribution in [2.24, 2.45) is 0 Å². The lowest BCUT2D eigenvalue weighted by Crippen LogP contribution is -2.60. The zero-order valence-electron chi connectivity index (χ0n) is 19.0. The lowest BCUT2D eigenvalue weighted by molar-refractivity contribution is -0.385. The highest BCUT2D eigenvalue weighted by molar-refractivity contribution is 6.15. The smallest absolute Gasteiger partial charge is 0.280 e. The number of amides is 1. The van der Waals surface area contributed by atoms with Gasteiger partial charge in [-0.2, -0.15) is 4.52 Å². The third kappa shape index (κ3) is 2.64. The van der Waals surface area contributed by atoms with Crippen LogP contribution in [-0.2, 0) is 11.3 Å². The van der Waals surface area contributed by atoms with Gasteiger partial charge in [-0.05, 0) is 40.1 Å². The van der Waals surface area contributed by atoms with Crippen molar-refractivity contribution < 1.29 is 24.4 Å². The van der Waals surface area contributed by atoms with Crippen molar-refractivity contribution in [1.82, 2.24) is 25.4 Å². The number of nitrogens with zero attached hydrogens (tertiary/aromatic N) is 5. The Kier molecular flexibility index (Phi) is 4.33. The minimum atomic E-state index is -2.42. The maximum Gasteiger partial charge on any atom is 0.280 e. The Bertz CT molecular complexity index is 1630. The SMILES string of the molecule is CC(C)c1ccc2c(c1)OC1(O)c3cccc([N+](=O)[O-])c3C(=O)C21NC(=O)c1ccc2nnnn2c1. The standard InChI is InChI=1S/C24H18N6O6/c1-12(2)13-6-8-15-18(10-13)36-24(33)16-4-3-5-17(30(34)35)20(16)21(31)23(15,24)25-22(32)14-7-9-19-26-27-28-29(19)11-14/h3-12,33H,1-2H3,(H,25,32). The number of hydrogen-bond donors (Lipinski definition) is 2. The summed E-state index contributed by atoms with van der Waals surface area (Å²) in [6.45, 7) is 3.95. The van der Waals surface area contributed by atoms with E-state index in [-0.39, 0.29) is 33.9 Å². The van der Waals surface area contributed by atoms with Crippen molar-refractivity contribution in [1.29, 1.82) is 0 Å². The molecule has 12 heteroatoms. The predicted octanol–water partition coefficient (Wildman–Crippen LogP) is 2.22. The van der Waals surface area contributed by atoms with Gasteiger partial charge in [-0.3, -0.25) is 19.7 Å². The molecule has 0 fully saturated rings. The van der Waals surface area contributed by atoms with Gasteiger partial charge in [0.25, 0.3) is 17.4 Å². The summed E-state index contributed by atoms with van der Waals surface area (Å²) in [5.74, 6) is -3.69. The molecule has 0 saturated heterocycles. The van der Waals surface area contributed by atoms with Crippen LogP contribution in [0.15, 0.2) is 54.7 Å². The molecule has 1 amide bonds. The molecule has 1 aliphatic carbocycles. The molecule has 2 aliphatic rings. The maximum atomic E-state index is 14.1. The normalized spacial score (nSPS) is 21.7. The molecule has 12 nitrogen and oxygen atoms in total. The number of ketones is 1. The number of aromatic nitrogens is 4. The third-order valence-corrected chi connectivity index (χ3v) is 6.77. The molecule has 0 saturated carbocycles. The topological polar surface area (TPSA) is 162 Å². The van der Waals surface area contributed by atoms with Crippen LogP contribution in [0.4, 0.5) is 5.69 Å². The molecule has 180 valence electrons. The predicted molar refractivity (Wildman–Crippen MR) is 122 cm³/mol. The molecule has 0 radical (unpaired) electrons. The summed E-state index contributed by atoms with van der Waals surface area (Å²) >= 11 is 0. The molecule has 2 atom stereocenters. The second-order valence-corrected chi connectivity index (χ2v) is 9.05. The molecule has 2 N–H and O–H groups in total. The van der Waals surface area contributed by atoms with E-state index in [1.54, 1.807) is 18.2 Å². The zero-order valence-corrected chi connectivity index (χ0v) is 19.0. The number of ether oxygens (including phenoxy) is 1. The first kappa shape index (κ1) is 21.8. The van der Waals surface area contributed by atoms with Gasteiger partial charge >= 0.3 is 0 Å². The summed E-state index contributed by atoms with van der Waals surface area (Å²) in [5, 5.41) is 37.5. The molecule has 0 bridgehead atoms. The fourth-order valence-corrected chi connectivity index (χ4v) is 4.97. The summed E-state index contributed by atoms with van der Waals surface area (Å²) in [4.78, 5) is 38.6. The molecule has 0 spiro atoms. The molecule has 36 heavy (non-hydrogen) atoms. The molecule has 1 aliphatic heterocycles. The molecule has 6 rings (SSSR count). The Morgan fingerprint density at radius 1 is 1.19 bits per heavy atom. The highest BCUT2D eigenvalue weighted by Gasteiger charge is 2.73. The molecular weight excluding hydrogens is 468 g/mol. The lowest BCUT2D eigenvalue weighted by Gasteiger charge is -2.34. The zero-order chi connectivity index (χ0) is 25.4. The molecule has 2 unspecified atom stereocenters. The van der Waals surface area contributed by atoms with Crippen molar-refractivity contribution >= 4 is 23.0 Å². The van der Waals surface area contributed by atoms with Gasteiger partial charge in [0.1, 0.15) is 11.3 Å². The van der Waals surface area contributed by atoms with E-state index >= 15 is 0 Å². The number of Topliss-reactive ketones (excluding diaryl/α,β-unsaturated/α-hetero) is 1. The number of carbonyl (C=O) groups excluding carboxylic acids is 2. The first-order chi connectivity index (χ1) is 17.2. The Hall–Kier alpha value is -4.71. The van der Waals surface area contributed by atoms with Crippen LogP contribution in [0.3, 0.4) is 0 Å². The van der Waals surface area contributed by atoms with Crippen LogP contribution in [0.1, 0.15) is 57.2 Å². The van der Waals surface area contributed by atoms with Crippen LogP contribution in [-0.4, -0.2) is 41.8 Å². The number of nitro groups is 1. The number of nitro benzene ring substituents is 1. The summed E-state index contributed by atoms with van der Waals surface area (Å²) in [5.41, 5.74) is -1.50. The Morgan fingerprint density at radius 2 is 2.00 bits per heavy atom. The molecule has 4 aromatic rings. The van der Waals surface area contributed by atoms with E-state index in [0.29, 0.717) is 5.65 Å². The second-order valence-electron chi connectivity index (χ2n) is 9.05. The van der Waals surface area contributed by atoms with E-state index in [9.17, 15) is 24.8 Å². The van der Waals surface area contributed by atoms with Gasteiger partial charge in [-0.1, -0.05) is 38.1 Å². The highest BCUT2D eigenvalue weighted by Crippen LogP contribution is 2.59. The minimum Gasteiger partial charge on any atom is -0.454 e. The summed E-state index contributed by atoms with van der Waals surface area (Å²) in [6, 6.07) is 12.0. The highest BCUT2D eigenvalue weighted by atomic mass is 16.6. The van der Waals surface area contributed by atoms with E-state index in [0.717, 1.165) is 5.56 Å². The Labute approximate surface area is 202 Å². The summed E-state index contributed by atoms with van der Waals surface area (Å²) in [6.07, 6.45) is 1.37. The van der Waals surface area contributed by atoms with Gasteiger partial charge in [0.15, 0.2) is 5.65 Å². The van der Waals surface area contributed by atoms with Crippen molar-refractivity contribution in [2.75, 3.05) is 0 Å². The van der Waals surface area contributed by atoms with E-state index < -0.39 is 33.6 Å². The number of rotatable bonds is 4. The van der Waals surface area contributed by atoms with Gasteiger partial charge in [-0.25, -0.2) is 0 Å². The van der Waals surface area contributed by atoms with Crippen molar-refractivity contribution in [2.45, 2.75) is 31.1 Å². The molecule has 3 heterocycles. The van der Waals surface area contributed by atoms with Crippen LogP contribution >= 0.6 is 0 Å². The summed E-state index contributed by atoms with van der Waals surface area (Å²) < 4.78 is 7.28. The van der Waals surface area contributed by atoms with Crippen LogP contribution in [0.25, 0.3) is 5.65 Å². The van der Waals surface area contributed by atoms with Crippen molar-refractivity contribution in [3.05, 3.63) is 92.7 Å². The second kappa shape index (κ2) is 7.15. The Balaban J connectivity index is 1.56. The maximum absolute atomic E-state index is 14.1. The number of nitrogens with one attached hydrogen (secondary N) is 1. The van der Waals surface area contributed by atoms with Gasteiger partial charge in [-0.15, -0.1) is 5.10 Å². The van der Waals surface area contributed by atoms with E-state index in [2.05, 4.69) is 20.8 Å². The van der Waals surface area contributed by atoms with E-state index in [4.69, 9.17) is 4.74 Å². The van der Waals surface area contributed by atoms with Crippen molar-refractivity contribution in [3.8, 4) is 5.75 Å². The fraction of sp³-hybridized carbons (Fsp3) is 0.208. The van der Waals surface area contributed by atoms with Crippen LogP contribution < -0.4 is 10.1 Å². The Morgan fingerprint density at radius 3 is 2.75 bits per heavy atom. The van der Waals surface area contributed by atoms with Crippen LogP contribution in [0.2, 0.25) is 0 Å². The van der Waals surface area contributed by atoms with Gasteiger partial charge < -0.3 is 15.2 Å². The number of benzene rings is 2. The average Bonchev–Trinajstić information content (AvgIpc) is 3.47. The summed E-state index contributed by atoms with van der Waals surface area (Å²) in [7, 11) is 0. The number of tetrazole rings is 1. The van der Waals surface area contributed by atoms with Crippen LogP contribution in [0, 0.1) is 10.1 Å². The third-order valence-electron chi connectivity index (χ3n) is 6.77. The number of carbonyl (C=O) groups is 2. The number of hydrogen-bond acceptors (Lipinski definition) is 9. The first-order valence-corrected chi connectivity index (χ1v) is 11.1. The van der Waals surface area contributed by atoms with Gasteiger partial charge in [0.05, 0.1) is 10.5 Å². The lowest BCUT2D eigenvalue weighted by atomic mass is 9.82. The minimum absolute atomic E-state index is 0.0945. The van der Waals surface area contributed by atoms with Gasteiger partial charge in [0.2, 0.25) is 11.3 Å². The fourth-order valence-electron chi connectivity index (χ4n) is 4.97. The van der Waals surface area contributed by atoms with Gasteiger partial charge in [0, 0.05) is 23.4 Å². The number of aliphatic hydroxyl groups is 1. The monoisotopic (exact) mass is 486 g/mol. The van der Waals surface area contributed by atoms with E-state index in [1.807, 2.05) is 13.8 Å². The quantitative estimate of drug-likeness (QED) is 0.325. The number of fused-ring (bicyclic) bond motifs is 6. The average molecular weight is 486 g/mol. The number of pyridine rings is 1. The van der Waals surface area contributed by atoms with Crippen molar-refractivity contribution in [3.63, 3.8) is 0 Å². The largest absolute Gasteiger partial charge is 0.454 e. The molecular formula is C24H18N6O6. The van der Waals surface area contributed by atoms with E-state index in [1.165, 1.54) is 41.0 Å². The molecule has 2 aromatic heterocycles. The molecule has 2 aromatic carbocycles. The van der Waals surface area contributed by atoms with Crippen LogP contribution in [0.5, 0.6) is 5.75 Å².